The third-order valence-corrected chi connectivity index (χ3v) is 3.63. The van der Waals surface area contributed by atoms with Gasteiger partial charge in [0.15, 0.2) is 0 Å². The minimum Gasteiger partial charge on any atom is -0.497 e. The first-order chi connectivity index (χ1) is 12.0. The van der Waals surface area contributed by atoms with Crippen LogP contribution in [0.15, 0.2) is 42.5 Å². The zero-order valence-electron chi connectivity index (χ0n) is 14.6. The number of carbonyl (C=O) groups is 2. The van der Waals surface area contributed by atoms with Crippen LogP contribution in [0.2, 0.25) is 0 Å². The number of nitrogens with one attached hydrogen (secondary N) is 2. The average molecular weight is 342 g/mol. The van der Waals surface area contributed by atoms with Crippen molar-refractivity contribution in [2.24, 2.45) is 0 Å². The van der Waals surface area contributed by atoms with E-state index in [9.17, 15) is 9.59 Å². The van der Waals surface area contributed by atoms with Crippen LogP contribution >= 0.6 is 0 Å². The van der Waals surface area contributed by atoms with Gasteiger partial charge in [0.25, 0.3) is 5.91 Å². The summed E-state index contributed by atoms with van der Waals surface area (Å²) >= 11 is 0. The van der Waals surface area contributed by atoms with Crippen molar-refractivity contribution in [3.8, 4) is 11.5 Å². The van der Waals surface area contributed by atoms with E-state index in [1.165, 1.54) is 6.92 Å². The van der Waals surface area contributed by atoms with Gasteiger partial charge in [0.1, 0.15) is 11.5 Å². The minimum absolute atomic E-state index is 0.149. The fourth-order valence-electron chi connectivity index (χ4n) is 2.40. The van der Waals surface area contributed by atoms with Gasteiger partial charge in [-0.1, -0.05) is 0 Å². The maximum atomic E-state index is 12.2. The van der Waals surface area contributed by atoms with Crippen LogP contribution in [0.1, 0.15) is 22.8 Å². The maximum absolute atomic E-state index is 12.2. The number of hydrogen-bond donors (Lipinski definition) is 2. The number of hydrogen-bond acceptors (Lipinski definition) is 4. The molecular weight excluding hydrogens is 320 g/mol. The second-order valence-electron chi connectivity index (χ2n) is 5.44. The Morgan fingerprint density at radius 3 is 2.32 bits per heavy atom. The van der Waals surface area contributed by atoms with Gasteiger partial charge in [-0.2, -0.15) is 0 Å². The van der Waals surface area contributed by atoms with Crippen molar-refractivity contribution in [3.63, 3.8) is 0 Å². The first kappa shape index (κ1) is 18.3. The summed E-state index contributed by atoms with van der Waals surface area (Å²) in [6, 6.07) is 12.3. The number of rotatable bonds is 7. The van der Waals surface area contributed by atoms with Crippen LogP contribution in [0.5, 0.6) is 11.5 Å². The summed E-state index contributed by atoms with van der Waals surface area (Å²) in [5.74, 6) is 1.19. The summed E-state index contributed by atoms with van der Waals surface area (Å²) in [5, 5.41) is 5.54. The molecule has 0 spiro atoms. The smallest absolute Gasteiger partial charge is 0.251 e. The van der Waals surface area contributed by atoms with Crippen molar-refractivity contribution < 1.29 is 19.1 Å². The number of anilines is 1. The number of benzene rings is 2. The molecule has 132 valence electrons. The highest BCUT2D eigenvalue weighted by Crippen LogP contribution is 2.24. The van der Waals surface area contributed by atoms with E-state index in [0.717, 1.165) is 17.1 Å². The summed E-state index contributed by atoms with van der Waals surface area (Å²) in [5.41, 5.74) is 2.15. The van der Waals surface area contributed by atoms with E-state index in [2.05, 4.69) is 10.6 Å². The highest BCUT2D eigenvalue weighted by Gasteiger charge is 2.08. The molecule has 0 aliphatic rings. The van der Waals surface area contributed by atoms with Gasteiger partial charge in [-0.05, 0) is 54.4 Å². The molecule has 25 heavy (non-hydrogen) atoms. The van der Waals surface area contributed by atoms with E-state index in [1.54, 1.807) is 38.5 Å². The second kappa shape index (κ2) is 8.73. The molecule has 2 rings (SSSR count). The highest BCUT2D eigenvalue weighted by atomic mass is 16.5. The average Bonchev–Trinajstić information content (AvgIpc) is 2.61. The molecule has 0 bridgehead atoms. The molecule has 0 fully saturated rings. The number of carbonyl (C=O) groups excluding carboxylic acids is 2. The molecule has 0 unspecified atom stereocenters. The third kappa shape index (κ3) is 5.24. The van der Waals surface area contributed by atoms with E-state index in [4.69, 9.17) is 9.47 Å². The molecule has 2 amide bonds. The minimum atomic E-state index is -0.170. The number of amides is 2. The molecule has 0 heterocycles. The maximum Gasteiger partial charge on any atom is 0.251 e. The lowest BCUT2D eigenvalue weighted by Gasteiger charge is -2.11. The highest BCUT2D eigenvalue weighted by molar-refractivity contribution is 5.95. The summed E-state index contributed by atoms with van der Waals surface area (Å²) in [4.78, 5) is 23.2. The summed E-state index contributed by atoms with van der Waals surface area (Å²) in [6.07, 6.45) is 0.621. The largest absolute Gasteiger partial charge is 0.497 e. The van der Waals surface area contributed by atoms with Gasteiger partial charge < -0.3 is 20.1 Å². The van der Waals surface area contributed by atoms with Crippen molar-refractivity contribution in [1.82, 2.24) is 5.32 Å². The van der Waals surface area contributed by atoms with Gasteiger partial charge >= 0.3 is 0 Å². The lowest BCUT2D eigenvalue weighted by molar-refractivity contribution is -0.114. The lowest BCUT2D eigenvalue weighted by Crippen LogP contribution is -2.25. The zero-order valence-corrected chi connectivity index (χ0v) is 14.6. The fraction of sp³-hybridized carbons (Fsp3) is 0.263. The summed E-state index contributed by atoms with van der Waals surface area (Å²) in [7, 11) is 3.22. The molecule has 6 nitrogen and oxygen atoms in total. The predicted octanol–water partition coefficient (Wildman–Crippen LogP) is 2.63. The van der Waals surface area contributed by atoms with Crippen LogP contribution in [0, 0.1) is 0 Å². The van der Waals surface area contributed by atoms with Gasteiger partial charge in [-0.3, -0.25) is 9.59 Å². The van der Waals surface area contributed by atoms with Crippen LogP contribution in [0.3, 0.4) is 0 Å². The standard InChI is InChI=1S/C19H22N2O4/c1-13(22)21-16-6-4-14(5-7-16)19(23)20-11-10-15-12-17(24-2)8-9-18(15)25-3/h4-9,12H,10-11H2,1-3H3,(H,20,23)(H,21,22). The van der Waals surface area contributed by atoms with Crippen molar-refractivity contribution in [2.45, 2.75) is 13.3 Å². The lowest BCUT2D eigenvalue weighted by atomic mass is 10.1. The Morgan fingerprint density at radius 2 is 1.72 bits per heavy atom. The van der Waals surface area contributed by atoms with E-state index in [1.807, 2.05) is 18.2 Å². The first-order valence-corrected chi connectivity index (χ1v) is 7.90. The third-order valence-electron chi connectivity index (χ3n) is 3.63. The van der Waals surface area contributed by atoms with Gasteiger partial charge in [0, 0.05) is 24.7 Å². The fourth-order valence-corrected chi connectivity index (χ4v) is 2.40. The SMILES string of the molecule is COc1ccc(OC)c(CCNC(=O)c2ccc(NC(C)=O)cc2)c1. The molecule has 0 atom stereocenters. The Balaban J connectivity index is 1.93. The van der Waals surface area contributed by atoms with Gasteiger partial charge in [-0.25, -0.2) is 0 Å². The molecule has 2 N–H and O–H groups in total. The van der Waals surface area contributed by atoms with Gasteiger partial charge in [0.05, 0.1) is 14.2 Å². The second-order valence-corrected chi connectivity index (χ2v) is 5.44. The Morgan fingerprint density at radius 1 is 1.00 bits per heavy atom. The van der Waals surface area contributed by atoms with Gasteiger partial charge in [-0.15, -0.1) is 0 Å². The quantitative estimate of drug-likeness (QED) is 0.811. The van der Waals surface area contributed by atoms with E-state index < -0.39 is 0 Å². The first-order valence-electron chi connectivity index (χ1n) is 7.90. The molecule has 0 aliphatic carbocycles. The summed E-state index contributed by atoms with van der Waals surface area (Å²) < 4.78 is 10.5. The molecule has 0 aliphatic heterocycles. The molecule has 2 aromatic rings. The van der Waals surface area contributed by atoms with Crippen molar-refractivity contribution in [1.29, 1.82) is 0 Å². The topological polar surface area (TPSA) is 76.7 Å². The number of ether oxygens (including phenoxy) is 2. The predicted molar refractivity (Wildman–Crippen MR) is 96.3 cm³/mol. The van der Waals surface area contributed by atoms with Crippen molar-refractivity contribution in [2.75, 3.05) is 26.1 Å². The number of methoxy groups -OCH3 is 2. The molecule has 0 radical (unpaired) electrons. The van der Waals surface area contributed by atoms with E-state index >= 15 is 0 Å². The Hall–Kier alpha value is -3.02. The Bertz CT molecular complexity index is 742. The van der Waals surface area contributed by atoms with Crippen LogP contribution < -0.4 is 20.1 Å². The van der Waals surface area contributed by atoms with Gasteiger partial charge in [0.2, 0.25) is 5.91 Å². The molecule has 0 aromatic heterocycles. The van der Waals surface area contributed by atoms with Crippen LogP contribution in [0.25, 0.3) is 0 Å². The molecule has 0 saturated carbocycles. The molecule has 0 saturated heterocycles. The Labute approximate surface area is 147 Å². The van der Waals surface area contributed by atoms with Crippen molar-refractivity contribution >= 4 is 17.5 Å². The van der Waals surface area contributed by atoms with Crippen LogP contribution in [-0.4, -0.2) is 32.6 Å². The summed E-state index contributed by atoms with van der Waals surface area (Å²) in [6.45, 7) is 1.91. The molecule has 2 aromatic carbocycles. The van der Waals surface area contributed by atoms with Crippen molar-refractivity contribution in [3.05, 3.63) is 53.6 Å². The normalized spacial score (nSPS) is 10.0. The van der Waals surface area contributed by atoms with Crippen LogP contribution in [0.4, 0.5) is 5.69 Å². The van der Waals surface area contributed by atoms with Crippen LogP contribution in [-0.2, 0) is 11.2 Å². The molecular formula is C19H22N2O4. The monoisotopic (exact) mass is 342 g/mol. The molecule has 6 heteroatoms. The van der Waals surface area contributed by atoms with E-state index in [-0.39, 0.29) is 11.8 Å². The zero-order chi connectivity index (χ0) is 18.2. The van der Waals surface area contributed by atoms with E-state index in [0.29, 0.717) is 24.2 Å². The Kier molecular flexibility index (Phi) is 6.39.